The van der Waals surface area contributed by atoms with E-state index in [-0.39, 0.29) is 30.3 Å². The lowest BCUT2D eigenvalue weighted by Gasteiger charge is -2.27. The Morgan fingerprint density at radius 1 is 1.16 bits per heavy atom. The number of nitrogens with one attached hydrogen (secondary N) is 1. The van der Waals surface area contributed by atoms with Crippen molar-refractivity contribution in [3.63, 3.8) is 0 Å². The van der Waals surface area contributed by atoms with E-state index in [1.54, 1.807) is 37.3 Å². The number of rotatable bonds is 9. The van der Waals surface area contributed by atoms with Crippen LogP contribution in [0.4, 0.5) is 5.69 Å². The number of anilines is 1. The highest BCUT2D eigenvalue weighted by molar-refractivity contribution is 7.89. The largest absolute Gasteiger partial charge is 0.492 e. The van der Waals surface area contributed by atoms with Crippen LogP contribution in [-0.4, -0.2) is 58.1 Å². The van der Waals surface area contributed by atoms with Gasteiger partial charge >= 0.3 is 0 Å². The zero-order valence-corrected chi connectivity index (χ0v) is 18.6. The normalized spacial score (nSPS) is 14.4. The van der Waals surface area contributed by atoms with Crippen molar-refractivity contribution < 1.29 is 27.4 Å². The second kappa shape index (κ2) is 10.9. The van der Waals surface area contributed by atoms with Crippen LogP contribution in [0.2, 0.25) is 0 Å². The Bertz CT molecular complexity index is 1070. The van der Waals surface area contributed by atoms with Crippen molar-refractivity contribution in [3.8, 4) is 17.6 Å². The first kappa shape index (κ1) is 23.5. The molecule has 0 radical (unpaired) electrons. The quantitative estimate of drug-likeness (QED) is 0.611. The highest BCUT2D eigenvalue weighted by Gasteiger charge is 2.29. The number of sulfonamides is 1. The lowest BCUT2D eigenvalue weighted by atomic mass is 10.2. The van der Waals surface area contributed by atoms with E-state index >= 15 is 0 Å². The highest BCUT2D eigenvalue weighted by Crippen LogP contribution is 2.30. The maximum atomic E-state index is 13.1. The fourth-order valence-electron chi connectivity index (χ4n) is 3.13. The summed E-state index contributed by atoms with van der Waals surface area (Å²) in [6.45, 7) is 2.99. The van der Waals surface area contributed by atoms with Crippen molar-refractivity contribution in [2.45, 2.75) is 18.2 Å². The molecule has 1 fully saturated rings. The van der Waals surface area contributed by atoms with Gasteiger partial charge in [-0.25, -0.2) is 8.42 Å². The Morgan fingerprint density at radius 2 is 1.88 bits per heavy atom. The molecule has 32 heavy (non-hydrogen) atoms. The topological polar surface area (TPSA) is 118 Å². The lowest BCUT2D eigenvalue weighted by Crippen LogP contribution is -2.40. The van der Waals surface area contributed by atoms with E-state index in [1.807, 2.05) is 0 Å². The van der Waals surface area contributed by atoms with E-state index in [0.29, 0.717) is 37.7 Å². The van der Waals surface area contributed by atoms with Crippen LogP contribution in [0.25, 0.3) is 0 Å². The Hall–Kier alpha value is -3.13. The van der Waals surface area contributed by atoms with Gasteiger partial charge in [-0.2, -0.15) is 9.57 Å². The van der Waals surface area contributed by atoms with E-state index in [1.165, 1.54) is 16.4 Å². The zero-order chi connectivity index (χ0) is 23.0. The Labute approximate surface area is 187 Å². The third-order valence-electron chi connectivity index (χ3n) is 4.69. The molecular formula is C22H25N3O6S. The van der Waals surface area contributed by atoms with Gasteiger partial charge in [-0.15, -0.1) is 0 Å². The Kier molecular flexibility index (Phi) is 8.05. The Balaban J connectivity index is 1.70. The number of morpholine rings is 1. The smallest absolute Gasteiger partial charge is 0.262 e. The van der Waals surface area contributed by atoms with Crippen LogP contribution in [0.5, 0.6) is 11.5 Å². The molecule has 170 valence electrons. The molecular weight excluding hydrogens is 434 g/mol. The van der Waals surface area contributed by atoms with E-state index in [2.05, 4.69) is 11.4 Å². The molecule has 0 unspecified atom stereocenters. The summed E-state index contributed by atoms with van der Waals surface area (Å²) in [6, 6.07) is 13.4. The average Bonchev–Trinajstić information content (AvgIpc) is 2.80. The van der Waals surface area contributed by atoms with Crippen LogP contribution < -0.4 is 14.8 Å². The van der Waals surface area contributed by atoms with E-state index < -0.39 is 15.9 Å². The van der Waals surface area contributed by atoms with Crippen LogP contribution >= 0.6 is 0 Å². The predicted octanol–water partition coefficient (Wildman–Crippen LogP) is 2.19. The number of carbonyl (C=O) groups is 1. The lowest BCUT2D eigenvalue weighted by molar-refractivity contribution is -0.118. The number of nitriles is 1. The number of carbonyl (C=O) groups excluding carboxylic acids is 1. The molecule has 2 aromatic rings. The van der Waals surface area contributed by atoms with Crippen molar-refractivity contribution >= 4 is 21.6 Å². The molecule has 0 bridgehead atoms. The summed E-state index contributed by atoms with van der Waals surface area (Å²) in [5.74, 6) is 0.278. The van der Waals surface area contributed by atoms with Gasteiger partial charge in [-0.3, -0.25) is 4.79 Å². The summed E-state index contributed by atoms with van der Waals surface area (Å²) in [5, 5.41) is 11.4. The van der Waals surface area contributed by atoms with Crippen LogP contribution in [0.1, 0.15) is 12.5 Å². The molecule has 1 aliphatic rings. The van der Waals surface area contributed by atoms with Crippen molar-refractivity contribution in [2.75, 3.05) is 44.8 Å². The number of hydrogen-bond acceptors (Lipinski definition) is 7. The van der Waals surface area contributed by atoms with E-state index in [9.17, 15) is 13.2 Å². The SMILES string of the molecule is CCOc1ccc(NC(=O)COc2ccc(CC#N)cc2)cc1S(=O)(=O)N1CCOCC1. The molecule has 0 aromatic heterocycles. The summed E-state index contributed by atoms with van der Waals surface area (Å²) in [7, 11) is -3.81. The van der Waals surface area contributed by atoms with Crippen LogP contribution in [-0.2, 0) is 26.0 Å². The van der Waals surface area contributed by atoms with Crippen molar-refractivity contribution in [1.29, 1.82) is 5.26 Å². The number of hydrogen-bond donors (Lipinski definition) is 1. The molecule has 2 aromatic carbocycles. The zero-order valence-electron chi connectivity index (χ0n) is 17.7. The number of nitrogens with zero attached hydrogens (tertiary/aromatic N) is 2. The van der Waals surface area contributed by atoms with Gasteiger partial charge in [-0.1, -0.05) is 12.1 Å². The first-order valence-electron chi connectivity index (χ1n) is 10.2. The first-order chi connectivity index (χ1) is 15.4. The molecule has 0 spiro atoms. The summed E-state index contributed by atoms with van der Waals surface area (Å²) in [5.41, 5.74) is 1.17. The molecule has 9 nitrogen and oxygen atoms in total. The average molecular weight is 460 g/mol. The maximum Gasteiger partial charge on any atom is 0.262 e. The molecule has 0 aliphatic carbocycles. The van der Waals surface area contributed by atoms with Crippen LogP contribution in [0, 0.1) is 11.3 Å². The van der Waals surface area contributed by atoms with Gasteiger partial charge in [-0.05, 0) is 42.8 Å². The highest BCUT2D eigenvalue weighted by atomic mass is 32.2. The molecule has 1 aliphatic heterocycles. The minimum Gasteiger partial charge on any atom is -0.492 e. The standard InChI is InChI=1S/C22H25N3O6S/c1-2-30-20-8-5-18(15-21(20)32(27,28)25-11-13-29-14-12-25)24-22(26)16-31-19-6-3-17(4-7-19)9-10-23/h3-8,15H,2,9,11-14,16H2,1H3,(H,24,26). The van der Waals surface area contributed by atoms with E-state index in [0.717, 1.165) is 5.56 Å². The van der Waals surface area contributed by atoms with Gasteiger partial charge in [0.2, 0.25) is 10.0 Å². The minimum atomic E-state index is -3.81. The Morgan fingerprint density at radius 3 is 2.53 bits per heavy atom. The van der Waals surface area contributed by atoms with Gasteiger partial charge in [0.1, 0.15) is 16.4 Å². The van der Waals surface area contributed by atoms with Crippen LogP contribution in [0.15, 0.2) is 47.4 Å². The van der Waals surface area contributed by atoms with E-state index in [4.69, 9.17) is 19.5 Å². The number of amides is 1. The predicted molar refractivity (Wildman–Crippen MR) is 117 cm³/mol. The number of benzene rings is 2. The van der Waals surface area contributed by atoms with Gasteiger partial charge in [0.05, 0.1) is 32.3 Å². The minimum absolute atomic E-state index is 0.00644. The third-order valence-corrected chi connectivity index (χ3v) is 6.61. The summed E-state index contributed by atoms with van der Waals surface area (Å²) in [4.78, 5) is 12.3. The summed E-state index contributed by atoms with van der Waals surface area (Å²) >= 11 is 0. The maximum absolute atomic E-state index is 13.1. The fourth-order valence-corrected chi connectivity index (χ4v) is 4.69. The number of ether oxygens (including phenoxy) is 3. The second-order valence-electron chi connectivity index (χ2n) is 6.93. The monoisotopic (exact) mass is 459 g/mol. The van der Waals surface area contributed by atoms with Crippen molar-refractivity contribution in [1.82, 2.24) is 4.31 Å². The molecule has 1 N–H and O–H groups in total. The van der Waals surface area contributed by atoms with Gasteiger partial charge in [0.25, 0.3) is 5.91 Å². The van der Waals surface area contributed by atoms with Crippen molar-refractivity contribution in [3.05, 3.63) is 48.0 Å². The van der Waals surface area contributed by atoms with Gasteiger partial charge in [0, 0.05) is 18.8 Å². The summed E-state index contributed by atoms with van der Waals surface area (Å²) < 4.78 is 43.8. The third kappa shape index (κ3) is 5.97. The van der Waals surface area contributed by atoms with Crippen LogP contribution in [0.3, 0.4) is 0 Å². The van der Waals surface area contributed by atoms with Gasteiger partial charge in [0.15, 0.2) is 6.61 Å². The molecule has 0 saturated carbocycles. The molecule has 0 atom stereocenters. The second-order valence-corrected chi connectivity index (χ2v) is 8.83. The van der Waals surface area contributed by atoms with Crippen molar-refractivity contribution in [2.24, 2.45) is 0 Å². The molecule has 10 heteroatoms. The molecule has 1 heterocycles. The molecule has 1 amide bonds. The first-order valence-corrected chi connectivity index (χ1v) is 11.6. The molecule has 1 saturated heterocycles. The summed E-state index contributed by atoms with van der Waals surface area (Å²) in [6.07, 6.45) is 0.300. The molecule has 3 rings (SSSR count). The van der Waals surface area contributed by atoms with Gasteiger partial charge < -0.3 is 19.5 Å². The fraction of sp³-hybridized carbons (Fsp3) is 0.364.